The molecule has 188 valence electrons. The highest BCUT2D eigenvalue weighted by molar-refractivity contribution is 5.98. The Morgan fingerprint density at radius 1 is 1.29 bits per heavy atom. The Hall–Kier alpha value is -3.10. The topological polar surface area (TPSA) is 120 Å². The molecule has 11 heteroatoms. The highest BCUT2D eigenvalue weighted by Crippen LogP contribution is 2.41. The summed E-state index contributed by atoms with van der Waals surface area (Å²) in [5.74, 6) is -0.841. The number of nitriles is 1. The first kappa shape index (κ1) is 25.0. The van der Waals surface area contributed by atoms with Gasteiger partial charge in [0, 0.05) is 31.0 Å². The smallest absolute Gasteiger partial charge is 0.379 e. The fourth-order valence-corrected chi connectivity index (χ4v) is 5.14. The van der Waals surface area contributed by atoms with Crippen LogP contribution in [0, 0.1) is 22.7 Å². The summed E-state index contributed by atoms with van der Waals surface area (Å²) >= 11 is 0. The molecule has 1 saturated carbocycles. The SMILES string of the molecule is CC1(C)CN([C@H]2CCC(n3cc(C(N)=O)c(Nc4ccc([C@@H](O)C(F)(F)F)cc4)n3)[C@@H](C#N)C2)C1. The van der Waals surface area contributed by atoms with Crippen LogP contribution in [0.3, 0.4) is 0 Å². The molecule has 0 radical (unpaired) electrons. The van der Waals surface area contributed by atoms with Crippen LogP contribution in [0.2, 0.25) is 0 Å². The molecular formula is C24H29F3N6O2. The monoisotopic (exact) mass is 490 g/mol. The molecule has 8 nitrogen and oxygen atoms in total. The third-order valence-electron chi connectivity index (χ3n) is 6.87. The number of primary amides is 1. The standard InChI is InChI=1S/C24H29F3N6O2/c1-23(2)12-32(13-23)17-7-8-19(15(9-17)10-28)33-11-18(21(29)35)22(31-33)30-16-5-3-14(4-6-16)20(34)24(25,26)27/h3-6,11,15,17,19-20,34H,7-9,12-13H2,1-2H3,(H2,29,35)(H,30,31)/t15-,17+,19?,20-/m1/s1. The van der Waals surface area contributed by atoms with E-state index in [0.29, 0.717) is 17.1 Å². The minimum atomic E-state index is -4.77. The van der Waals surface area contributed by atoms with Crippen molar-refractivity contribution in [3.05, 3.63) is 41.6 Å². The highest BCUT2D eigenvalue weighted by atomic mass is 19.4. The van der Waals surface area contributed by atoms with Gasteiger partial charge >= 0.3 is 6.18 Å². The number of halogens is 3. The normalized spacial score (nSPS) is 25.3. The van der Waals surface area contributed by atoms with Crippen molar-refractivity contribution in [2.75, 3.05) is 18.4 Å². The van der Waals surface area contributed by atoms with E-state index in [4.69, 9.17) is 5.73 Å². The van der Waals surface area contributed by atoms with Crippen LogP contribution >= 0.6 is 0 Å². The molecular weight excluding hydrogens is 461 g/mol. The van der Waals surface area contributed by atoms with E-state index in [-0.39, 0.29) is 28.9 Å². The maximum absolute atomic E-state index is 12.7. The summed E-state index contributed by atoms with van der Waals surface area (Å²) in [4.78, 5) is 14.5. The Morgan fingerprint density at radius 2 is 1.94 bits per heavy atom. The van der Waals surface area contributed by atoms with Crippen LogP contribution in [0.5, 0.6) is 0 Å². The largest absolute Gasteiger partial charge is 0.418 e. The number of anilines is 2. The van der Waals surface area contributed by atoms with E-state index in [1.54, 1.807) is 4.68 Å². The molecule has 1 aromatic heterocycles. The molecule has 1 aliphatic carbocycles. The van der Waals surface area contributed by atoms with Crippen LogP contribution in [0.25, 0.3) is 0 Å². The lowest BCUT2D eigenvalue weighted by atomic mass is 9.77. The molecule has 0 spiro atoms. The molecule has 1 amide bonds. The molecule has 0 bridgehead atoms. The molecule has 4 N–H and O–H groups in total. The number of alkyl halides is 3. The number of aliphatic hydroxyl groups is 1. The number of carbonyl (C=O) groups is 1. The summed E-state index contributed by atoms with van der Waals surface area (Å²) in [7, 11) is 0. The van der Waals surface area contributed by atoms with E-state index < -0.39 is 18.2 Å². The second-order valence-electron chi connectivity index (χ2n) is 10.3. The fraction of sp³-hybridized carbons (Fsp3) is 0.542. The lowest BCUT2D eigenvalue weighted by Gasteiger charge is -2.52. The Balaban J connectivity index is 1.50. The van der Waals surface area contributed by atoms with Gasteiger partial charge in [-0.15, -0.1) is 0 Å². The molecule has 2 aromatic rings. The predicted molar refractivity (Wildman–Crippen MR) is 123 cm³/mol. The zero-order valence-electron chi connectivity index (χ0n) is 19.6. The van der Waals surface area contributed by atoms with E-state index in [1.807, 2.05) is 0 Å². The van der Waals surface area contributed by atoms with Crippen molar-refractivity contribution in [3.8, 4) is 6.07 Å². The summed E-state index contributed by atoms with van der Waals surface area (Å²) in [6, 6.07) is 7.52. The molecule has 1 unspecified atom stereocenters. The summed E-state index contributed by atoms with van der Waals surface area (Å²) in [5, 5.41) is 26.6. The third-order valence-corrected chi connectivity index (χ3v) is 6.87. The van der Waals surface area contributed by atoms with E-state index in [2.05, 4.69) is 35.2 Å². The lowest BCUT2D eigenvalue weighted by Crippen LogP contribution is -2.58. The molecule has 2 fully saturated rings. The Morgan fingerprint density at radius 3 is 2.49 bits per heavy atom. The number of rotatable bonds is 6. The van der Waals surface area contributed by atoms with Crippen LogP contribution in [0.1, 0.15) is 61.2 Å². The van der Waals surface area contributed by atoms with Gasteiger partial charge in [0.15, 0.2) is 11.9 Å². The van der Waals surface area contributed by atoms with Gasteiger partial charge in [0.2, 0.25) is 0 Å². The fourth-order valence-electron chi connectivity index (χ4n) is 5.14. The second-order valence-corrected chi connectivity index (χ2v) is 10.3. The molecule has 1 aliphatic heterocycles. The molecule has 1 aromatic carbocycles. The minimum absolute atomic E-state index is 0.118. The summed E-state index contributed by atoms with van der Waals surface area (Å²) < 4.78 is 39.8. The second kappa shape index (κ2) is 9.17. The average molecular weight is 491 g/mol. The van der Waals surface area contributed by atoms with Gasteiger partial charge in [-0.2, -0.15) is 23.5 Å². The van der Waals surface area contributed by atoms with Crippen LogP contribution in [-0.2, 0) is 0 Å². The number of hydrogen-bond donors (Lipinski definition) is 3. The van der Waals surface area contributed by atoms with Gasteiger partial charge in [0.1, 0.15) is 5.56 Å². The number of likely N-dealkylation sites (tertiary alicyclic amines) is 1. The Labute approximate surface area is 201 Å². The van der Waals surface area contributed by atoms with Crippen molar-refractivity contribution in [1.82, 2.24) is 14.7 Å². The molecule has 4 atom stereocenters. The number of aromatic nitrogens is 2. The molecule has 2 heterocycles. The first-order valence-corrected chi connectivity index (χ1v) is 11.5. The van der Waals surface area contributed by atoms with Crippen molar-refractivity contribution in [1.29, 1.82) is 5.26 Å². The quantitative estimate of drug-likeness (QED) is 0.565. The number of aliphatic hydroxyl groups excluding tert-OH is 1. The van der Waals surface area contributed by atoms with Crippen molar-refractivity contribution < 1.29 is 23.1 Å². The lowest BCUT2D eigenvalue weighted by molar-refractivity contribution is -0.206. The zero-order chi connectivity index (χ0) is 25.5. The van der Waals surface area contributed by atoms with Gasteiger partial charge in [0.25, 0.3) is 5.91 Å². The van der Waals surface area contributed by atoms with Crippen LogP contribution in [-0.4, -0.2) is 51.0 Å². The third kappa shape index (κ3) is 5.28. The van der Waals surface area contributed by atoms with Gasteiger partial charge in [-0.3, -0.25) is 14.4 Å². The Bertz CT molecular complexity index is 1110. The van der Waals surface area contributed by atoms with E-state index in [1.165, 1.54) is 18.3 Å². The maximum atomic E-state index is 12.7. The first-order chi connectivity index (χ1) is 16.4. The number of benzene rings is 1. The van der Waals surface area contributed by atoms with Crippen LogP contribution in [0.4, 0.5) is 24.7 Å². The van der Waals surface area contributed by atoms with Gasteiger partial charge < -0.3 is 16.2 Å². The van der Waals surface area contributed by atoms with Crippen molar-refractivity contribution >= 4 is 17.4 Å². The Kier molecular flexibility index (Phi) is 6.55. The molecule has 1 saturated heterocycles. The molecule has 2 aliphatic rings. The number of nitrogens with one attached hydrogen (secondary N) is 1. The van der Waals surface area contributed by atoms with Crippen molar-refractivity contribution in [3.63, 3.8) is 0 Å². The van der Waals surface area contributed by atoms with Crippen LogP contribution < -0.4 is 11.1 Å². The highest BCUT2D eigenvalue weighted by Gasteiger charge is 2.42. The van der Waals surface area contributed by atoms with Gasteiger partial charge in [-0.05, 0) is 42.4 Å². The summed E-state index contributed by atoms with van der Waals surface area (Å²) in [6.07, 6.45) is -3.48. The van der Waals surface area contributed by atoms with Crippen molar-refractivity contribution in [2.45, 2.75) is 57.5 Å². The number of nitrogens with zero attached hydrogens (tertiary/aromatic N) is 4. The number of amides is 1. The van der Waals surface area contributed by atoms with Gasteiger partial charge in [-0.1, -0.05) is 26.0 Å². The maximum Gasteiger partial charge on any atom is 0.418 e. The predicted octanol–water partition coefficient (Wildman–Crippen LogP) is 3.90. The minimum Gasteiger partial charge on any atom is -0.379 e. The van der Waals surface area contributed by atoms with E-state index in [0.717, 1.165) is 44.5 Å². The van der Waals surface area contributed by atoms with Crippen LogP contribution in [0.15, 0.2) is 30.5 Å². The van der Waals surface area contributed by atoms with Gasteiger partial charge in [-0.25, -0.2) is 0 Å². The molecule has 35 heavy (non-hydrogen) atoms. The number of carbonyl (C=O) groups excluding carboxylic acids is 1. The van der Waals surface area contributed by atoms with Crippen molar-refractivity contribution in [2.24, 2.45) is 17.1 Å². The van der Waals surface area contributed by atoms with E-state index in [9.17, 15) is 28.3 Å². The first-order valence-electron chi connectivity index (χ1n) is 11.5. The number of nitrogens with two attached hydrogens (primary N) is 1. The summed E-state index contributed by atoms with van der Waals surface area (Å²) in [5.41, 5.74) is 6.03. The van der Waals surface area contributed by atoms with Gasteiger partial charge in [0.05, 0.1) is 18.0 Å². The zero-order valence-corrected chi connectivity index (χ0v) is 19.6. The number of hydrogen-bond acceptors (Lipinski definition) is 6. The average Bonchev–Trinajstić information content (AvgIpc) is 3.20. The van der Waals surface area contributed by atoms with E-state index >= 15 is 0 Å². The molecule has 4 rings (SSSR count). The summed E-state index contributed by atoms with van der Waals surface area (Å²) in [6.45, 7) is 6.49.